The fourth-order valence-corrected chi connectivity index (χ4v) is 9.03. The molecule has 198 valence electrons. The lowest BCUT2D eigenvalue weighted by Gasteiger charge is -2.61. The predicted molar refractivity (Wildman–Crippen MR) is 136 cm³/mol. The van der Waals surface area contributed by atoms with Crippen LogP contribution < -0.4 is 5.32 Å². The van der Waals surface area contributed by atoms with Gasteiger partial charge in [0.1, 0.15) is 0 Å². The Morgan fingerprint density at radius 1 is 1.09 bits per heavy atom. The number of ketones is 1. The second-order valence-corrected chi connectivity index (χ2v) is 13.1. The Kier molecular flexibility index (Phi) is 7.36. The topological polar surface area (TPSA) is 95.9 Å². The Balaban J connectivity index is 1.64. The molecule has 0 bridgehead atoms. The Morgan fingerprint density at radius 3 is 2.40 bits per heavy atom. The van der Waals surface area contributed by atoms with Gasteiger partial charge in [-0.15, -0.1) is 0 Å². The van der Waals surface area contributed by atoms with Crippen molar-refractivity contribution < 1.29 is 24.5 Å². The van der Waals surface area contributed by atoms with E-state index in [1.54, 1.807) is 0 Å². The Hall–Kier alpha value is -1.56. The number of hydrogen-bond acceptors (Lipinski definition) is 5. The molecule has 4 fully saturated rings. The highest BCUT2D eigenvalue weighted by atomic mass is 16.6. The van der Waals surface area contributed by atoms with E-state index >= 15 is 0 Å². The number of Topliss-reactive ketones (excluding diaryl/α,β-unsaturated/α-hetero) is 1. The van der Waals surface area contributed by atoms with Gasteiger partial charge in [-0.3, -0.25) is 4.79 Å². The van der Waals surface area contributed by atoms with Crippen molar-refractivity contribution in [1.29, 1.82) is 0 Å². The fraction of sp³-hybridized carbons (Fsp3) is 0.862. The van der Waals surface area contributed by atoms with Crippen molar-refractivity contribution >= 4 is 11.9 Å². The molecule has 4 aliphatic carbocycles. The minimum atomic E-state index is -0.786. The number of carbonyl (C=O) groups excluding carboxylic acids is 2. The summed E-state index contributed by atoms with van der Waals surface area (Å²) >= 11 is 0. The third-order valence-corrected chi connectivity index (χ3v) is 10.8. The van der Waals surface area contributed by atoms with Crippen molar-refractivity contribution in [3.63, 3.8) is 0 Å². The number of rotatable bonds is 6. The van der Waals surface area contributed by atoms with Crippen LogP contribution in [0, 0.1) is 46.3 Å². The number of carbonyl (C=O) groups is 2. The minimum Gasteiger partial charge on any atom is -0.513 e. The molecule has 0 heterocycles. The lowest BCUT2D eigenvalue weighted by atomic mass is 9.43. The van der Waals surface area contributed by atoms with E-state index in [2.05, 4.69) is 32.7 Å². The zero-order valence-corrected chi connectivity index (χ0v) is 22.4. The first-order valence-electron chi connectivity index (χ1n) is 13.9. The maximum atomic E-state index is 14.2. The van der Waals surface area contributed by atoms with Gasteiger partial charge in [0.05, 0.1) is 11.9 Å². The Bertz CT molecular complexity index is 841. The summed E-state index contributed by atoms with van der Waals surface area (Å²) in [4.78, 5) is 26.9. The Labute approximate surface area is 211 Å². The second kappa shape index (κ2) is 9.72. The van der Waals surface area contributed by atoms with Crippen molar-refractivity contribution in [2.75, 3.05) is 0 Å². The molecule has 4 aliphatic rings. The molecule has 4 rings (SSSR count). The molecule has 0 spiro atoms. The number of amides is 1. The van der Waals surface area contributed by atoms with Gasteiger partial charge in [0, 0.05) is 24.3 Å². The summed E-state index contributed by atoms with van der Waals surface area (Å²) in [5.41, 5.74) is -0.0323. The zero-order valence-electron chi connectivity index (χ0n) is 22.4. The highest BCUT2D eigenvalue weighted by Gasteiger charge is 2.66. The molecule has 0 aromatic rings. The lowest BCUT2D eigenvalue weighted by Crippen LogP contribution is -2.63. The number of hydrogen-bond donors (Lipinski definition) is 3. The third kappa shape index (κ3) is 4.65. The lowest BCUT2D eigenvalue weighted by molar-refractivity contribution is -0.184. The molecule has 10 atom stereocenters. The van der Waals surface area contributed by atoms with Gasteiger partial charge in [0.15, 0.2) is 11.9 Å². The van der Waals surface area contributed by atoms with E-state index in [-0.39, 0.29) is 46.2 Å². The van der Waals surface area contributed by atoms with Crippen LogP contribution >= 0.6 is 0 Å². The van der Waals surface area contributed by atoms with E-state index in [1.165, 1.54) is 0 Å². The van der Waals surface area contributed by atoms with E-state index in [4.69, 9.17) is 4.74 Å². The predicted octanol–water partition coefficient (Wildman–Crippen LogP) is 5.79. The maximum Gasteiger partial charge on any atom is 0.408 e. The van der Waals surface area contributed by atoms with Crippen LogP contribution in [0.15, 0.2) is 12.3 Å². The average Bonchev–Trinajstić information content (AvgIpc) is 3.12. The van der Waals surface area contributed by atoms with Crippen LogP contribution in [-0.4, -0.2) is 40.3 Å². The smallest absolute Gasteiger partial charge is 0.408 e. The highest BCUT2D eigenvalue weighted by molar-refractivity contribution is 5.89. The largest absolute Gasteiger partial charge is 0.513 e. The first-order valence-corrected chi connectivity index (χ1v) is 13.9. The van der Waals surface area contributed by atoms with Gasteiger partial charge < -0.3 is 20.3 Å². The summed E-state index contributed by atoms with van der Waals surface area (Å²) in [7, 11) is 0. The van der Waals surface area contributed by atoms with Crippen molar-refractivity contribution in [2.45, 2.75) is 111 Å². The minimum absolute atomic E-state index is 0.0673. The van der Waals surface area contributed by atoms with Crippen LogP contribution in [0.3, 0.4) is 0 Å². The summed E-state index contributed by atoms with van der Waals surface area (Å²) in [6.45, 7) is 14.4. The first kappa shape index (κ1) is 26.5. The van der Waals surface area contributed by atoms with Gasteiger partial charge in [0.2, 0.25) is 0 Å². The van der Waals surface area contributed by atoms with E-state index in [0.717, 1.165) is 44.9 Å². The van der Waals surface area contributed by atoms with E-state index in [9.17, 15) is 19.8 Å². The summed E-state index contributed by atoms with van der Waals surface area (Å²) in [5, 5.41) is 23.0. The zero-order chi connectivity index (χ0) is 25.7. The van der Waals surface area contributed by atoms with Crippen molar-refractivity contribution in [2.24, 2.45) is 46.3 Å². The number of fused-ring (bicyclic) bond motifs is 5. The van der Waals surface area contributed by atoms with Crippen LogP contribution in [0.25, 0.3) is 0 Å². The standard InChI is InChI=1S/C29H47NO5/c1-16(2)30-27(34)35-26-23-15-19(32)11-13-29(23,6)22-12-14-28(5)20(17(3)7-8-18(4)31)9-10-21(28)24(22)25(26)33/h16-17,19-24,26,31-32H,4,7-15H2,1-3,5-6H3,(H,30,34)/t17-,19-,20-,21+,22+,23+,24+,26-,28-,29-/m1/s1. The molecule has 1 amide bonds. The SMILES string of the molecule is C=C(O)CC[C@@H](C)[C@H]1CC[C@H]2[C@@H]3C(=O)[C@H](OC(=O)NC(C)C)[C@@H]4C[C@H](O)CC[C@]4(C)[C@H]3CC[C@]12C. The number of alkyl carbamates (subject to hydrolysis) is 1. The van der Waals surface area contributed by atoms with Crippen LogP contribution in [0.4, 0.5) is 4.79 Å². The number of allylic oxidation sites excluding steroid dienone is 1. The average molecular weight is 490 g/mol. The molecule has 4 saturated carbocycles. The molecule has 0 aromatic heterocycles. The summed E-state index contributed by atoms with van der Waals surface area (Å²) in [6.07, 6.45) is 6.23. The molecule has 6 heteroatoms. The molecule has 0 aromatic carbocycles. The van der Waals surface area contributed by atoms with Gasteiger partial charge in [0.25, 0.3) is 0 Å². The molecule has 6 nitrogen and oxygen atoms in total. The van der Waals surface area contributed by atoms with Crippen LogP contribution in [0.2, 0.25) is 0 Å². The molecule has 0 unspecified atom stereocenters. The molecule has 0 radical (unpaired) electrons. The van der Waals surface area contributed by atoms with Gasteiger partial charge >= 0.3 is 6.09 Å². The van der Waals surface area contributed by atoms with Gasteiger partial charge in [-0.2, -0.15) is 0 Å². The van der Waals surface area contributed by atoms with Crippen molar-refractivity contribution in [1.82, 2.24) is 5.32 Å². The molecule has 0 saturated heterocycles. The molecular formula is C29H47NO5. The molecule has 35 heavy (non-hydrogen) atoms. The van der Waals surface area contributed by atoms with Crippen LogP contribution in [0.1, 0.15) is 92.4 Å². The first-order chi connectivity index (χ1) is 16.4. The molecule has 3 N–H and O–H groups in total. The third-order valence-electron chi connectivity index (χ3n) is 10.8. The normalized spacial score (nSPS) is 43.6. The van der Waals surface area contributed by atoms with E-state index < -0.39 is 18.3 Å². The summed E-state index contributed by atoms with van der Waals surface area (Å²) in [5.74, 6) is 1.68. The maximum absolute atomic E-state index is 14.2. The van der Waals surface area contributed by atoms with Crippen molar-refractivity contribution in [3.05, 3.63) is 12.3 Å². The van der Waals surface area contributed by atoms with Crippen LogP contribution in [0.5, 0.6) is 0 Å². The number of aliphatic hydroxyl groups is 2. The number of ether oxygens (including phenoxy) is 1. The quantitative estimate of drug-likeness (QED) is 0.411. The van der Waals surface area contributed by atoms with E-state index in [1.807, 2.05) is 13.8 Å². The van der Waals surface area contributed by atoms with Gasteiger partial charge in [-0.25, -0.2) is 4.79 Å². The number of nitrogens with one attached hydrogen (secondary N) is 1. The van der Waals surface area contributed by atoms with Gasteiger partial charge in [-0.05, 0) is 99.7 Å². The van der Waals surface area contributed by atoms with Gasteiger partial charge in [-0.1, -0.05) is 27.4 Å². The summed E-state index contributed by atoms with van der Waals surface area (Å²) in [6, 6.07) is -0.0673. The fourth-order valence-electron chi connectivity index (χ4n) is 9.03. The monoisotopic (exact) mass is 489 g/mol. The summed E-state index contributed by atoms with van der Waals surface area (Å²) < 4.78 is 5.92. The number of aliphatic hydroxyl groups excluding tert-OH is 2. The van der Waals surface area contributed by atoms with E-state index in [0.29, 0.717) is 30.6 Å². The highest BCUT2D eigenvalue weighted by Crippen LogP contribution is 2.68. The second-order valence-electron chi connectivity index (χ2n) is 13.1. The van der Waals surface area contributed by atoms with Crippen molar-refractivity contribution in [3.8, 4) is 0 Å². The Morgan fingerprint density at radius 2 is 1.74 bits per heavy atom. The molecule has 0 aliphatic heterocycles. The van der Waals surface area contributed by atoms with Crippen LogP contribution in [-0.2, 0) is 9.53 Å². The molecular weight excluding hydrogens is 442 g/mol.